The summed E-state index contributed by atoms with van der Waals surface area (Å²) in [6.45, 7) is 4.99. The Hall–Kier alpha value is -0.650. The molecule has 0 heterocycles. The molecule has 0 saturated heterocycles. The topological polar surface area (TPSA) is 70.6 Å². The third kappa shape index (κ3) is 5.77. The third-order valence-corrected chi connectivity index (χ3v) is 4.26. The van der Waals surface area contributed by atoms with Crippen molar-refractivity contribution in [1.82, 2.24) is 10.6 Å². The predicted molar refractivity (Wildman–Crippen MR) is 79.5 cm³/mol. The Labute approximate surface area is 122 Å². The van der Waals surface area contributed by atoms with Crippen molar-refractivity contribution in [3.05, 3.63) is 0 Å². The van der Waals surface area contributed by atoms with Crippen molar-refractivity contribution >= 4 is 5.91 Å². The number of aliphatic hydroxyl groups excluding tert-OH is 1. The van der Waals surface area contributed by atoms with Crippen molar-refractivity contribution < 1.29 is 14.6 Å². The van der Waals surface area contributed by atoms with Gasteiger partial charge in [-0.25, -0.2) is 0 Å². The van der Waals surface area contributed by atoms with Crippen molar-refractivity contribution in [3.8, 4) is 0 Å². The summed E-state index contributed by atoms with van der Waals surface area (Å²) in [6, 6.07) is 0.310. The number of aliphatic hydroxyl groups is 1. The molecular weight excluding hydrogens is 256 g/mol. The van der Waals surface area contributed by atoms with Gasteiger partial charge in [0.1, 0.15) is 0 Å². The van der Waals surface area contributed by atoms with E-state index in [1.807, 2.05) is 6.92 Å². The first-order valence-corrected chi connectivity index (χ1v) is 7.65. The maximum atomic E-state index is 12.0. The van der Waals surface area contributed by atoms with E-state index < -0.39 is 0 Å². The van der Waals surface area contributed by atoms with Crippen molar-refractivity contribution in [2.24, 2.45) is 5.92 Å². The number of hydrogen-bond acceptors (Lipinski definition) is 4. The molecule has 0 aromatic carbocycles. The fourth-order valence-electron chi connectivity index (χ4n) is 2.86. The van der Waals surface area contributed by atoms with Crippen LogP contribution in [0.3, 0.4) is 0 Å². The summed E-state index contributed by atoms with van der Waals surface area (Å²) in [5.74, 6) is 0.597. The van der Waals surface area contributed by atoms with E-state index in [2.05, 4.69) is 17.6 Å². The molecule has 1 aliphatic carbocycles. The van der Waals surface area contributed by atoms with Crippen LogP contribution < -0.4 is 10.6 Å². The van der Waals surface area contributed by atoms with Crippen LogP contribution in [0.1, 0.15) is 46.0 Å². The molecule has 3 unspecified atom stereocenters. The van der Waals surface area contributed by atoms with Gasteiger partial charge in [0.25, 0.3) is 0 Å². The molecular formula is C15H30N2O3. The summed E-state index contributed by atoms with van der Waals surface area (Å²) in [6.07, 6.45) is 5.32. The minimum atomic E-state index is -0.362. The van der Waals surface area contributed by atoms with Gasteiger partial charge in [-0.1, -0.05) is 19.8 Å². The van der Waals surface area contributed by atoms with Crippen LogP contribution in [0.2, 0.25) is 0 Å². The first-order valence-electron chi connectivity index (χ1n) is 7.65. The first-order chi connectivity index (χ1) is 9.50. The van der Waals surface area contributed by atoms with E-state index in [0.29, 0.717) is 25.0 Å². The van der Waals surface area contributed by atoms with Gasteiger partial charge in [0.15, 0.2) is 0 Å². The molecule has 0 radical (unpaired) electrons. The monoisotopic (exact) mass is 286 g/mol. The molecule has 0 aromatic rings. The van der Waals surface area contributed by atoms with Crippen LogP contribution in [-0.4, -0.2) is 49.5 Å². The van der Waals surface area contributed by atoms with Crippen molar-refractivity contribution in [2.45, 2.75) is 57.5 Å². The third-order valence-electron chi connectivity index (χ3n) is 4.26. The molecule has 1 rings (SSSR count). The van der Waals surface area contributed by atoms with Crippen LogP contribution in [0.5, 0.6) is 0 Å². The van der Waals surface area contributed by atoms with Crippen LogP contribution in [0.4, 0.5) is 0 Å². The highest BCUT2D eigenvalue weighted by atomic mass is 16.5. The Morgan fingerprint density at radius 3 is 2.70 bits per heavy atom. The molecule has 5 heteroatoms. The molecule has 1 aliphatic rings. The second kappa shape index (κ2) is 8.60. The van der Waals surface area contributed by atoms with Gasteiger partial charge in [-0.2, -0.15) is 0 Å². The number of nitrogens with one attached hydrogen (secondary N) is 2. The minimum Gasteiger partial charge on any atom is -0.396 e. The Morgan fingerprint density at radius 2 is 2.10 bits per heavy atom. The van der Waals surface area contributed by atoms with Crippen LogP contribution in [0, 0.1) is 5.92 Å². The van der Waals surface area contributed by atoms with Gasteiger partial charge >= 0.3 is 0 Å². The van der Waals surface area contributed by atoms with Gasteiger partial charge in [-0.05, 0) is 32.1 Å². The van der Waals surface area contributed by atoms with Gasteiger partial charge in [-0.3, -0.25) is 4.79 Å². The van der Waals surface area contributed by atoms with Crippen LogP contribution in [-0.2, 0) is 9.53 Å². The SMILES string of the molecule is COCC(C)(CCO)NCC(=O)NC1CCCCC1C. The number of hydrogen-bond donors (Lipinski definition) is 3. The lowest BCUT2D eigenvalue weighted by atomic mass is 9.86. The summed E-state index contributed by atoms with van der Waals surface area (Å²) >= 11 is 0. The number of methoxy groups -OCH3 is 1. The summed E-state index contributed by atoms with van der Waals surface area (Å²) < 4.78 is 5.15. The second-order valence-electron chi connectivity index (χ2n) is 6.26. The zero-order chi connectivity index (χ0) is 15.0. The number of ether oxygens (including phenoxy) is 1. The van der Waals surface area contributed by atoms with E-state index in [1.54, 1.807) is 7.11 Å². The number of carbonyl (C=O) groups excluding carboxylic acids is 1. The van der Waals surface area contributed by atoms with E-state index in [-0.39, 0.29) is 24.6 Å². The van der Waals surface area contributed by atoms with E-state index >= 15 is 0 Å². The quantitative estimate of drug-likeness (QED) is 0.624. The fraction of sp³-hybridized carbons (Fsp3) is 0.933. The predicted octanol–water partition coefficient (Wildman–Crippen LogP) is 1.06. The van der Waals surface area contributed by atoms with Crippen LogP contribution in [0.15, 0.2) is 0 Å². The average Bonchev–Trinajstić information content (AvgIpc) is 2.40. The Morgan fingerprint density at radius 1 is 1.40 bits per heavy atom. The maximum Gasteiger partial charge on any atom is 0.234 e. The van der Waals surface area contributed by atoms with Crippen molar-refractivity contribution in [3.63, 3.8) is 0 Å². The minimum absolute atomic E-state index is 0.0315. The van der Waals surface area contributed by atoms with Crippen molar-refractivity contribution in [1.29, 1.82) is 0 Å². The molecule has 0 aliphatic heterocycles. The molecule has 0 spiro atoms. The van der Waals surface area contributed by atoms with E-state index in [9.17, 15) is 4.79 Å². The largest absolute Gasteiger partial charge is 0.396 e. The van der Waals surface area contributed by atoms with E-state index in [4.69, 9.17) is 9.84 Å². The molecule has 5 nitrogen and oxygen atoms in total. The summed E-state index contributed by atoms with van der Waals surface area (Å²) in [5.41, 5.74) is -0.362. The zero-order valence-electron chi connectivity index (χ0n) is 13.1. The van der Waals surface area contributed by atoms with Gasteiger partial charge in [0.2, 0.25) is 5.91 Å². The highest BCUT2D eigenvalue weighted by molar-refractivity contribution is 5.78. The molecule has 3 N–H and O–H groups in total. The molecule has 3 atom stereocenters. The fourth-order valence-corrected chi connectivity index (χ4v) is 2.86. The van der Waals surface area contributed by atoms with Crippen molar-refractivity contribution in [2.75, 3.05) is 26.9 Å². The number of carbonyl (C=O) groups is 1. The first kappa shape index (κ1) is 17.4. The second-order valence-corrected chi connectivity index (χ2v) is 6.26. The molecule has 0 aromatic heterocycles. The molecule has 1 fully saturated rings. The van der Waals surface area contributed by atoms with Gasteiger partial charge in [0, 0.05) is 25.3 Å². The molecule has 1 amide bonds. The molecule has 1 saturated carbocycles. The van der Waals surface area contributed by atoms with Crippen LogP contribution in [0.25, 0.3) is 0 Å². The number of amides is 1. The Bertz CT molecular complexity index is 291. The molecule has 20 heavy (non-hydrogen) atoms. The van der Waals surface area contributed by atoms with Gasteiger partial charge in [0.05, 0.1) is 13.2 Å². The highest BCUT2D eigenvalue weighted by Gasteiger charge is 2.26. The van der Waals surface area contributed by atoms with E-state index in [0.717, 1.165) is 6.42 Å². The molecule has 118 valence electrons. The number of rotatable bonds is 8. The smallest absolute Gasteiger partial charge is 0.234 e. The highest BCUT2D eigenvalue weighted by Crippen LogP contribution is 2.23. The zero-order valence-corrected chi connectivity index (χ0v) is 13.1. The van der Waals surface area contributed by atoms with Gasteiger partial charge < -0.3 is 20.5 Å². The molecule has 0 bridgehead atoms. The Balaban J connectivity index is 2.37. The lowest BCUT2D eigenvalue weighted by Gasteiger charge is -2.32. The standard InChI is InChI=1S/C15H30N2O3/c1-12-6-4-5-7-13(12)17-14(19)10-16-15(2,8-9-18)11-20-3/h12-13,16,18H,4-11H2,1-3H3,(H,17,19). The Kier molecular flexibility index (Phi) is 7.48. The summed E-state index contributed by atoms with van der Waals surface area (Å²) in [5, 5.41) is 15.4. The van der Waals surface area contributed by atoms with E-state index in [1.165, 1.54) is 19.3 Å². The van der Waals surface area contributed by atoms with Gasteiger partial charge in [-0.15, -0.1) is 0 Å². The lowest BCUT2D eigenvalue weighted by molar-refractivity contribution is -0.122. The lowest BCUT2D eigenvalue weighted by Crippen LogP contribution is -2.52. The maximum absolute atomic E-state index is 12.0. The normalized spacial score (nSPS) is 26.0. The van der Waals surface area contributed by atoms with Crippen LogP contribution >= 0.6 is 0 Å². The average molecular weight is 286 g/mol. The summed E-state index contributed by atoms with van der Waals surface area (Å²) in [7, 11) is 1.63. The summed E-state index contributed by atoms with van der Waals surface area (Å²) in [4.78, 5) is 12.0.